The lowest BCUT2D eigenvalue weighted by Gasteiger charge is -2.36. The number of hydrogen-bond acceptors (Lipinski definition) is 3. The van der Waals surface area contributed by atoms with Crippen molar-refractivity contribution in [3.63, 3.8) is 0 Å². The van der Waals surface area contributed by atoms with Gasteiger partial charge in [0.15, 0.2) is 0 Å². The zero-order valence-corrected chi connectivity index (χ0v) is 12.2. The van der Waals surface area contributed by atoms with Crippen LogP contribution in [0.4, 0.5) is 0 Å². The fourth-order valence-electron chi connectivity index (χ4n) is 2.11. The molecular formula is C13H29N3O. The summed E-state index contributed by atoms with van der Waals surface area (Å²) < 4.78 is 0. The normalized spacial score (nSPS) is 18.8. The van der Waals surface area contributed by atoms with Crippen LogP contribution in [0.15, 0.2) is 0 Å². The quantitative estimate of drug-likeness (QED) is 0.676. The van der Waals surface area contributed by atoms with Crippen molar-refractivity contribution in [2.45, 2.75) is 65.1 Å². The Balaban J connectivity index is 4.61. The van der Waals surface area contributed by atoms with Crippen LogP contribution in [0.2, 0.25) is 0 Å². The van der Waals surface area contributed by atoms with Crippen molar-refractivity contribution in [1.82, 2.24) is 10.2 Å². The first-order valence-corrected chi connectivity index (χ1v) is 6.55. The highest BCUT2D eigenvalue weighted by molar-refractivity contribution is 5.84. The fourth-order valence-corrected chi connectivity index (χ4v) is 2.11. The predicted octanol–water partition coefficient (Wildman–Crippen LogP) is 1.35. The Labute approximate surface area is 106 Å². The van der Waals surface area contributed by atoms with Gasteiger partial charge < -0.3 is 16.0 Å². The van der Waals surface area contributed by atoms with Crippen LogP contribution < -0.4 is 11.1 Å². The Bertz CT molecular complexity index is 245. The second kappa shape index (κ2) is 6.97. The van der Waals surface area contributed by atoms with E-state index in [0.29, 0.717) is 12.1 Å². The van der Waals surface area contributed by atoms with Gasteiger partial charge in [-0.05, 0) is 47.2 Å². The van der Waals surface area contributed by atoms with E-state index in [2.05, 4.69) is 38.0 Å². The maximum Gasteiger partial charge on any atom is 0.237 e. The number of nitrogens with zero attached hydrogens (tertiary/aromatic N) is 1. The Hall–Kier alpha value is -0.610. The van der Waals surface area contributed by atoms with Crippen LogP contribution in [0.25, 0.3) is 0 Å². The van der Waals surface area contributed by atoms with Crippen LogP contribution in [0, 0.1) is 0 Å². The number of carbonyl (C=O) groups excluding carboxylic acids is 1. The van der Waals surface area contributed by atoms with E-state index in [9.17, 15) is 4.79 Å². The number of likely N-dealkylation sites (N-methyl/N-ethyl adjacent to an activating group) is 1. The Kier molecular flexibility index (Phi) is 6.72. The third-order valence-corrected chi connectivity index (χ3v) is 3.80. The minimum atomic E-state index is -0.615. The summed E-state index contributed by atoms with van der Waals surface area (Å²) in [6, 6.07) is 0.838. The molecule has 0 aliphatic rings. The molecule has 0 saturated heterocycles. The molecule has 0 aliphatic carbocycles. The summed E-state index contributed by atoms with van der Waals surface area (Å²) in [6.07, 6.45) is 1.84. The zero-order chi connectivity index (χ0) is 13.6. The molecule has 3 N–H and O–H groups in total. The van der Waals surface area contributed by atoms with Crippen molar-refractivity contribution >= 4 is 5.91 Å². The molecule has 0 spiro atoms. The van der Waals surface area contributed by atoms with Crippen LogP contribution >= 0.6 is 0 Å². The van der Waals surface area contributed by atoms with Gasteiger partial charge in [-0.25, -0.2) is 0 Å². The van der Waals surface area contributed by atoms with Crippen LogP contribution in [0.5, 0.6) is 0 Å². The Morgan fingerprint density at radius 3 is 2.24 bits per heavy atom. The largest absolute Gasteiger partial charge is 0.368 e. The molecule has 0 aromatic heterocycles. The highest BCUT2D eigenvalue weighted by Crippen LogP contribution is 2.17. The number of carbonyl (C=O) groups is 1. The van der Waals surface area contributed by atoms with Gasteiger partial charge in [0.2, 0.25) is 5.91 Å². The molecule has 0 aromatic carbocycles. The molecule has 0 aliphatic heterocycles. The lowest BCUT2D eigenvalue weighted by Crippen LogP contribution is -2.56. The van der Waals surface area contributed by atoms with Gasteiger partial charge in [-0.15, -0.1) is 0 Å². The molecule has 3 atom stereocenters. The number of hydrogen-bond donors (Lipinski definition) is 2. The van der Waals surface area contributed by atoms with Crippen molar-refractivity contribution in [3.8, 4) is 0 Å². The van der Waals surface area contributed by atoms with E-state index in [1.165, 1.54) is 0 Å². The van der Waals surface area contributed by atoms with Gasteiger partial charge in [0.1, 0.15) is 0 Å². The molecule has 0 rings (SSSR count). The molecule has 0 heterocycles. The van der Waals surface area contributed by atoms with E-state index in [1.54, 1.807) is 0 Å². The molecule has 4 heteroatoms. The number of amides is 1. The summed E-state index contributed by atoms with van der Waals surface area (Å²) in [6.45, 7) is 11.1. The lowest BCUT2D eigenvalue weighted by molar-refractivity contribution is -0.124. The monoisotopic (exact) mass is 243 g/mol. The molecule has 0 radical (unpaired) electrons. The van der Waals surface area contributed by atoms with Crippen molar-refractivity contribution in [3.05, 3.63) is 0 Å². The first-order chi connectivity index (χ1) is 7.78. The van der Waals surface area contributed by atoms with Crippen molar-refractivity contribution < 1.29 is 4.79 Å². The number of rotatable bonds is 8. The molecule has 0 bridgehead atoms. The van der Waals surface area contributed by atoms with Crippen LogP contribution in [0.3, 0.4) is 0 Å². The van der Waals surface area contributed by atoms with Gasteiger partial charge in [-0.3, -0.25) is 4.79 Å². The van der Waals surface area contributed by atoms with Crippen LogP contribution in [-0.2, 0) is 4.79 Å². The number of nitrogens with one attached hydrogen (secondary N) is 1. The predicted molar refractivity (Wildman–Crippen MR) is 72.9 cm³/mol. The van der Waals surface area contributed by atoms with E-state index in [-0.39, 0.29) is 5.91 Å². The smallest absolute Gasteiger partial charge is 0.237 e. The van der Waals surface area contributed by atoms with E-state index < -0.39 is 5.54 Å². The first kappa shape index (κ1) is 16.4. The average molecular weight is 243 g/mol. The summed E-state index contributed by atoms with van der Waals surface area (Å²) in [5.74, 6) is -0.274. The third kappa shape index (κ3) is 4.64. The van der Waals surface area contributed by atoms with Gasteiger partial charge in [-0.1, -0.05) is 13.8 Å². The summed E-state index contributed by atoms with van der Waals surface area (Å²) >= 11 is 0. The first-order valence-electron chi connectivity index (χ1n) is 6.55. The van der Waals surface area contributed by atoms with E-state index in [4.69, 9.17) is 5.73 Å². The SMILES string of the molecule is CCNC(C)(CC(C)N(C)C(C)CC)C(N)=O. The molecular weight excluding hydrogens is 214 g/mol. The molecule has 0 saturated carbocycles. The lowest BCUT2D eigenvalue weighted by atomic mass is 9.91. The second-order valence-electron chi connectivity index (χ2n) is 5.20. The van der Waals surface area contributed by atoms with Gasteiger partial charge in [-0.2, -0.15) is 0 Å². The Morgan fingerprint density at radius 1 is 1.35 bits per heavy atom. The summed E-state index contributed by atoms with van der Waals surface area (Å²) in [4.78, 5) is 13.9. The van der Waals surface area contributed by atoms with E-state index >= 15 is 0 Å². The van der Waals surface area contributed by atoms with E-state index in [1.807, 2.05) is 13.8 Å². The zero-order valence-electron chi connectivity index (χ0n) is 12.2. The Morgan fingerprint density at radius 2 is 1.88 bits per heavy atom. The second-order valence-corrected chi connectivity index (χ2v) is 5.20. The van der Waals surface area contributed by atoms with Gasteiger partial charge in [0.25, 0.3) is 0 Å². The van der Waals surface area contributed by atoms with Gasteiger partial charge in [0.05, 0.1) is 5.54 Å². The standard InChI is InChI=1S/C13H29N3O/c1-7-10(3)16(6)11(4)9-13(5,12(14)17)15-8-2/h10-11,15H,7-9H2,1-6H3,(H2,14,17). The third-order valence-electron chi connectivity index (χ3n) is 3.80. The molecule has 1 amide bonds. The average Bonchev–Trinajstić information content (AvgIpc) is 2.26. The van der Waals surface area contributed by atoms with Crippen molar-refractivity contribution in [2.24, 2.45) is 5.73 Å². The fraction of sp³-hybridized carbons (Fsp3) is 0.923. The van der Waals surface area contributed by atoms with Gasteiger partial charge in [0, 0.05) is 12.1 Å². The molecule has 4 nitrogen and oxygen atoms in total. The maximum absolute atomic E-state index is 11.5. The molecule has 0 fully saturated rings. The van der Waals surface area contributed by atoms with Crippen LogP contribution in [0.1, 0.15) is 47.5 Å². The maximum atomic E-state index is 11.5. The molecule has 17 heavy (non-hydrogen) atoms. The highest BCUT2D eigenvalue weighted by atomic mass is 16.1. The number of primary amides is 1. The summed E-state index contributed by atoms with van der Waals surface area (Å²) in [5, 5.41) is 3.20. The van der Waals surface area contributed by atoms with Gasteiger partial charge >= 0.3 is 0 Å². The molecule has 102 valence electrons. The molecule has 3 unspecified atom stereocenters. The summed E-state index contributed by atoms with van der Waals surface area (Å²) in [5.41, 5.74) is 4.88. The van der Waals surface area contributed by atoms with E-state index in [0.717, 1.165) is 19.4 Å². The molecule has 0 aromatic rings. The minimum absolute atomic E-state index is 0.274. The minimum Gasteiger partial charge on any atom is -0.368 e. The van der Waals surface area contributed by atoms with Crippen LogP contribution in [-0.4, -0.2) is 42.0 Å². The van der Waals surface area contributed by atoms with Crippen molar-refractivity contribution in [1.29, 1.82) is 0 Å². The topological polar surface area (TPSA) is 58.4 Å². The number of nitrogens with two attached hydrogens (primary N) is 1. The summed E-state index contributed by atoms with van der Waals surface area (Å²) in [7, 11) is 2.10. The van der Waals surface area contributed by atoms with Crippen molar-refractivity contribution in [2.75, 3.05) is 13.6 Å². The highest BCUT2D eigenvalue weighted by Gasteiger charge is 2.33.